The molecule has 2 aliphatic rings. The lowest BCUT2D eigenvalue weighted by Gasteiger charge is -2.37. The Bertz CT molecular complexity index is 1640. The summed E-state index contributed by atoms with van der Waals surface area (Å²) in [5.74, 6) is 3.27. The minimum Gasteiger partial charge on any atom is -0.497 e. The Labute approximate surface area is 278 Å². The lowest BCUT2D eigenvalue weighted by atomic mass is 9.74. The summed E-state index contributed by atoms with van der Waals surface area (Å²) < 4.78 is 25.5. The topological polar surface area (TPSA) is 78.3 Å². The summed E-state index contributed by atoms with van der Waals surface area (Å²) in [6.45, 7) is 4.26. The van der Waals surface area contributed by atoms with Gasteiger partial charge in [-0.2, -0.15) is 0 Å². The van der Waals surface area contributed by atoms with Crippen molar-refractivity contribution in [1.29, 1.82) is 0 Å². The van der Waals surface area contributed by atoms with Gasteiger partial charge in [0.05, 0.1) is 49.6 Å². The van der Waals surface area contributed by atoms with Crippen molar-refractivity contribution in [3.05, 3.63) is 83.7 Å². The van der Waals surface area contributed by atoms with Crippen molar-refractivity contribution >= 4 is 22.6 Å². The predicted molar refractivity (Wildman–Crippen MR) is 184 cm³/mol. The molecule has 0 spiro atoms. The van der Waals surface area contributed by atoms with E-state index in [1.807, 2.05) is 49.3 Å². The molecule has 3 aromatic carbocycles. The molecule has 3 atom stereocenters. The van der Waals surface area contributed by atoms with Crippen molar-refractivity contribution in [1.82, 2.24) is 14.5 Å². The molecule has 250 valence electrons. The zero-order valence-corrected chi connectivity index (χ0v) is 28.2. The molecule has 0 N–H and O–H groups in total. The Kier molecular flexibility index (Phi) is 10.6. The molecule has 0 bridgehead atoms. The zero-order chi connectivity index (χ0) is 32.8. The standard InChI is InChI=1S/C38H48N4O5/c1-40(25-37-39-32-8-5-6-9-33(32)41(37)2)38(43)24-27-10-16-35(31(22-27)29-12-14-30(45-4)15-13-29)47-26-28-11-17-36-34(23-28)42(19-21-46-36)18-7-20-44-3/h5-6,8-9,11-15,17,23,27,31,35H,7,10,16,18-22,24-26H2,1-4H3/t27-,31+,35-/m0/s1. The Balaban J connectivity index is 1.11. The number of carbonyl (C=O) groups excluding carboxylic acids is 1. The molecule has 6 rings (SSSR count). The predicted octanol–water partition coefficient (Wildman–Crippen LogP) is 6.34. The highest BCUT2D eigenvalue weighted by Crippen LogP contribution is 2.41. The summed E-state index contributed by atoms with van der Waals surface area (Å²) in [5, 5.41) is 0. The minimum atomic E-state index is 0.0533. The molecule has 47 heavy (non-hydrogen) atoms. The number of anilines is 1. The molecule has 0 unspecified atom stereocenters. The third-order valence-electron chi connectivity index (χ3n) is 9.81. The first-order valence-corrected chi connectivity index (χ1v) is 16.8. The molecular formula is C38H48N4O5. The van der Waals surface area contributed by atoms with Crippen LogP contribution in [-0.2, 0) is 34.5 Å². The molecule has 2 heterocycles. The van der Waals surface area contributed by atoms with Crippen LogP contribution in [0.3, 0.4) is 0 Å². The number of fused-ring (bicyclic) bond motifs is 2. The van der Waals surface area contributed by atoms with Crippen molar-refractivity contribution in [3.8, 4) is 11.5 Å². The maximum Gasteiger partial charge on any atom is 0.222 e. The largest absolute Gasteiger partial charge is 0.497 e. The van der Waals surface area contributed by atoms with E-state index < -0.39 is 0 Å². The third kappa shape index (κ3) is 7.74. The lowest BCUT2D eigenvalue weighted by Crippen LogP contribution is -2.34. The van der Waals surface area contributed by atoms with Gasteiger partial charge in [-0.1, -0.05) is 30.3 Å². The number of aromatic nitrogens is 2. The van der Waals surface area contributed by atoms with Crippen LogP contribution in [0.25, 0.3) is 11.0 Å². The second-order valence-electron chi connectivity index (χ2n) is 12.9. The third-order valence-corrected chi connectivity index (χ3v) is 9.81. The van der Waals surface area contributed by atoms with E-state index in [0.717, 1.165) is 85.0 Å². The molecule has 1 fully saturated rings. The Morgan fingerprint density at radius 1 is 1.06 bits per heavy atom. The summed E-state index contributed by atoms with van der Waals surface area (Å²) in [5.41, 5.74) is 5.52. The average Bonchev–Trinajstić information content (AvgIpc) is 3.42. The van der Waals surface area contributed by atoms with E-state index in [1.54, 1.807) is 14.2 Å². The van der Waals surface area contributed by atoms with Gasteiger partial charge in [-0.25, -0.2) is 4.98 Å². The van der Waals surface area contributed by atoms with E-state index in [4.69, 9.17) is 23.9 Å². The van der Waals surface area contributed by atoms with Gasteiger partial charge in [-0.3, -0.25) is 4.79 Å². The van der Waals surface area contributed by atoms with Gasteiger partial charge in [0.25, 0.3) is 0 Å². The number of benzene rings is 3. The summed E-state index contributed by atoms with van der Waals surface area (Å²) in [4.78, 5) is 22.5. The van der Waals surface area contributed by atoms with Crippen LogP contribution in [-0.4, -0.2) is 74.0 Å². The van der Waals surface area contributed by atoms with Crippen LogP contribution in [0.1, 0.15) is 55.0 Å². The number of amides is 1. The maximum absolute atomic E-state index is 13.5. The van der Waals surface area contributed by atoms with Crippen molar-refractivity contribution in [2.75, 3.05) is 52.5 Å². The molecule has 1 aromatic heterocycles. The summed E-state index contributed by atoms with van der Waals surface area (Å²) >= 11 is 0. The van der Waals surface area contributed by atoms with Crippen LogP contribution in [0.2, 0.25) is 0 Å². The fraction of sp³-hybridized carbons (Fsp3) is 0.474. The van der Waals surface area contributed by atoms with Crippen LogP contribution in [0.5, 0.6) is 11.5 Å². The van der Waals surface area contributed by atoms with Crippen LogP contribution >= 0.6 is 0 Å². The van der Waals surface area contributed by atoms with Crippen molar-refractivity contribution < 1.29 is 23.7 Å². The van der Waals surface area contributed by atoms with Gasteiger partial charge < -0.3 is 33.3 Å². The molecule has 0 saturated heterocycles. The zero-order valence-electron chi connectivity index (χ0n) is 28.2. The fourth-order valence-electron chi connectivity index (χ4n) is 7.10. The number of carbonyl (C=O) groups is 1. The monoisotopic (exact) mass is 640 g/mol. The second kappa shape index (κ2) is 15.2. The number of hydrogen-bond acceptors (Lipinski definition) is 7. The molecule has 9 heteroatoms. The number of methoxy groups -OCH3 is 2. The maximum atomic E-state index is 13.5. The Morgan fingerprint density at radius 3 is 2.68 bits per heavy atom. The SMILES string of the molecule is COCCCN1CCOc2ccc(CO[C@H]3CC[C@H](CC(=O)N(C)Cc4nc5ccccc5n4C)C[C@@H]3c3ccc(OC)cc3)cc21. The van der Waals surface area contributed by atoms with Crippen LogP contribution in [0.15, 0.2) is 66.7 Å². The highest BCUT2D eigenvalue weighted by Gasteiger charge is 2.34. The highest BCUT2D eigenvalue weighted by atomic mass is 16.5. The number of aryl methyl sites for hydroxylation is 1. The Hall–Kier alpha value is -4.08. The van der Waals surface area contributed by atoms with Gasteiger partial charge in [0.1, 0.15) is 23.9 Å². The molecule has 4 aromatic rings. The fourth-order valence-corrected chi connectivity index (χ4v) is 7.10. The van der Waals surface area contributed by atoms with Crippen molar-refractivity contribution in [2.24, 2.45) is 13.0 Å². The quantitative estimate of drug-likeness (QED) is 0.158. The molecule has 1 saturated carbocycles. The van der Waals surface area contributed by atoms with E-state index in [0.29, 0.717) is 26.2 Å². The summed E-state index contributed by atoms with van der Waals surface area (Å²) in [7, 11) is 7.34. The van der Waals surface area contributed by atoms with E-state index in [1.165, 1.54) is 5.56 Å². The first-order valence-electron chi connectivity index (χ1n) is 16.8. The number of para-hydroxylation sites is 2. The molecule has 1 aliphatic carbocycles. The van der Waals surface area contributed by atoms with Gasteiger partial charge in [0.15, 0.2) is 0 Å². The molecule has 1 amide bonds. The smallest absolute Gasteiger partial charge is 0.222 e. The van der Waals surface area contributed by atoms with Crippen LogP contribution in [0.4, 0.5) is 5.69 Å². The lowest BCUT2D eigenvalue weighted by molar-refractivity contribution is -0.132. The van der Waals surface area contributed by atoms with E-state index in [-0.39, 0.29) is 23.8 Å². The number of ether oxygens (including phenoxy) is 4. The number of imidazole rings is 1. The molecule has 1 aliphatic heterocycles. The molecule has 0 radical (unpaired) electrons. The van der Waals surface area contributed by atoms with E-state index in [9.17, 15) is 4.79 Å². The van der Waals surface area contributed by atoms with Gasteiger partial charge in [0.2, 0.25) is 5.91 Å². The Morgan fingerprint density at radius 2 is 1.89 bits per heavy atom. The first kappa shape index (κ1) is 32.8. The van der Waals surface area contributed by atoms with E-state index >= 15 is 0 Å². The second-order valence-corrected chi connectivity index (χ2v) is 12.9. The van der Waals surface area contributed by atoms with E-state index in [2.05, 4.69) is 45.9 Å². The van der Waals surface area contributed by atoms with Crippen molar-refractivity contribution in [2.45, 2.75) is 57.3 Å². The van der Waals surface area contributed by atoms with Crippen LogP contribution in [0, 0.1) is 5.92 Å². The van der Waals surface area contributed by atoms with Crippen LogP contribution < -0.4 is 14.4 Å². The highest BCUT2D eigenvalue weighted by molar-refractivity contribution is 5.77. The van der Waals surface area contributed by atoms with Gasteiger partial charge >= 0.3 is 0 Å². The normalized spacial score (nSPS) is 19.3. The first-order chi connectivity index (χ1) is 22.9. The number of hydrogen-bond donors (Lipinski definition) is 0. The number of rotatable bonds is 13. The summed E-state index contributed by atoms with van der Waals surface area (Å²) in [6.07, 6.45) is 4.30. The van der Waals surface area contributed by atoms with Gasteiger partial charge in [0, 0.05) is 46.7 Å². The number of nitrogens with zero attached hydrogens (tertiary/aromatic N) is 4. The average molecular weight is 641 g/mol. The van der Waals surface area contributed by atoms with Crippen molar-refractivity contribution in [3.63, 3.8) is 0 Å². The van der Waals surface area contributed by atoms with Gasteiger partial charge in [-0.05, 0) is 79.1 Å². The summed E-state index contributed by atoms with van der Waals surface area (Å²) in [6, 6.07) is 22.8. The van der Waals surface area contributed by atoms with Gasteiger partial charge in [-0.15, -0.1) is 0 Å². The molecular weight excluding hydrogens is 592 g/mol. The minimum absolute atomic E-state index is 0.0533. The molecule has 9 nitrogen and oxygen atoms in total.